The van der Waals surface area contributed by atoms with Crippen LogP contribution in [0.1, 0.15) is 17.8 Å². The molecule has 2 aromatic heterocycles. The number of ether oxygens (including phenoxy) is 2. The maximum absolute atomic E-state index is 8.36. The van der Waals surface area contributed by atoms with E-state index in [1.807, 2.05) is 37.6 Å². The first-order valence-electron chi connectivity index (χ1n) is 8.45. The monoisotopic (exact) mass is 372 g/mol. The second kappa shape index (κ2) is 10.0. The summed E-state index contributed by atoms with van der Waals surface area (Å²) in [7, 11) is 3.34. The third-order valence-electron chi connectivity index (χ3n) is 4.10. The van der Waals surface area contributed by atoms with Gasteiger partial charge in [-0.1, -0.05) is 0 Å². The van der Waals surface area contributed by atoms with Crippen LogP contribution in [0, 0.1) is 6.92 Å². The quantitative estimate of drug-likeness (QED) is 0.618. The molecular weight excluding hydrogens is 348 g/mol. The molecule has 8 heteroatoms. The number of hydrogen-bond acceptors (Lipinski definition) is 5. The Balaban J connectivity index is 0.000000817. The molecule has 0 saturated heterocycles. The number of methoxy groups -OCH3 is 2. The van der Waals surface area contributed by atoms with Crippen LogP contribution in [0.2, 0.25) is 0 Å². The van der Waals surface area contributed by atoms with Crippen molar-refractivity contribution in [1.29, 1.82) is 0 Å². The van der Waals surface area contributed by atoms with Crippen LogP contribution >= 0.6 is 0 Å². The minimum absolute atomic E-state index is 0.250. The third kappa shape index (κ3) is 4.87. The Labute approximate surface area is 157 Å². The summed E-state index contributed by atoms with van der Waals surface area (Å²) in [6.45, 7) is 2.61. The average Bonchev–Trinajstić information content (AvgIpc) is 3.34. The molecule has 0 unspecified atom stereocenters. The predicted molar refractivity (Wildman–Crippen MR) is 101 cm³/mol. The predicted octanol–water partition coefficient (Wildman–Crippen LogP) is 2.93. The van der Waals surface area contributed by atoms with Crippen molar-refractivity contribution in [3.05, 3.63) is 48.3 Å². The molecule has 0 atom stereocenters. The molecule has 3 rings (SSSR count). The highest BCUT2D eigenvalue weighted by Crippen LogP contribution is 2.37. The SMILES string of the molecule is COc1ccc(-c2nccn2CCCc2ncc[nH]2)c(OC)c1C.O=CO. The van der Waals surface area contributed by atoms with Gasteiger partial charge in [-0.05, 0) is 25.5 Å². The summed E-state index contributed by atoms with van der Waals surface area (Å²) in [6, 6.07) is 3.95. The van der Waals surface area contributed by atoms with Crippen molar-refractivity contribution in [2.45, 2.75) is 26.3 Å². The van der Waals surface area contributed by atoms with E-state index in [0.29, 0.717) is 0 Å². The van der Waals surface area contributed by atoms with Gasteiger partial charge in [-0.25, -0.2) is 9.97 Å². The zero-order valence-corrected chi connectivity index (χ0v) is 15.7. The highest BCUT2D eigenvalue weighted by atomic mass is 16.5. The molecule has 8 nitrogen and oxygen atoms in total. The fraction of sp³-hybridized carbons (Fsp3) is 0.316. The van der Waals surface area contributed by atoms with Crippen molar-refractivity contribution in [2.24, 2.45) is 0 Å². The number of rotatable bonds is 7. The topological polar surface area (TPSA) is 102 Å². The maximum atomic E-state index is 8.36. The first kappa shape index (κ1) is 20.0. The maximum Gasteiger partial charge on any atom is 0.290 e. The molecule has 144 valence electrons. The second-order valence-electron chi connectivity index (χ2n) is 5.66. The van der Waals surface area contributed by atoms with E-state index in [9.17, 15) is 0 Å². The van der Waals surface area contributed by atoms with Crippen LogP contribution in [0.3, 0.4) is 0 Å². The van der Waals surface area contributed by atoms with E-state index >= 15 is 0 Å². The minimum Gasteiger partial charge on any atom is -0.496 e. The first-order chi connectivity index (χ1) is 13.2. The van der Waals surface area contributed by atoms with Crippen molar-refractivity contribution in [3.8, 4) is 22.9 Å². The van der Waals surface area contributed by atoms with Crippen LogP contribution in [0.5, 0.6) is 11.5 Å². The zero-order valence-electron chi connectivity index (χ0n) is 15.7. The number of carbonyl (C=O) groups is 1. The molecule has 1 aromatic carbocycles. The Kier molecular flexibility index (Phi) is 7.42. The number of imidazole rings is 2. The van der Waals surface area contributed by atoms with Gasteiger partial charge in [0.25, 0.3) is 6.47 Å². The Morgan fingerprint density at radius 1 is 1.22 bits per heavy atom. The molecule has 0 aliphatic carbocycles. The lowest BCUT2D eigenvalue weighted by atomic mass is 10.1. The van der Waals surface area contributed by atoms with E-state index in [4.69, 9.17) is 19.4 Å². The molecule has 0 radical (unpaired) electrons. The Hall–Kier alpha value is -3.29. The van der Waals surface area contributed by atoms with Crippen molar-refractivity contribution in [1.82, 2.24) is 19.5 Å². The summed E-state index contributed by atoms with van der Waals surface area (Å²) in [4.78, 5) is 20.3. The number of hydrogen-bond donors (Lipinski definition) is 2. The summed E-state index contributed by atoms with van der Waals surface area (Å²) in [5.41, 5.74) is 1.95. The number of nitrogens with one attached hydrogen (secondary N) is 1. The standard InChI is InChI=1S/C18H22N4O2.CH2O2/c1-13-15(23-2)7-6-14(17(13)24-3)18-21-10-12-22(18)11-4-5-16-19-8-9-20-16;2-1-3/h6-10,12H,4-5,11H2,1-3H3,(H,19,20);1H,(H,2,3). The summed E-state index contributed by atoms with van der Waals surface area (Å²) in [6.07, 6.45) is 9.33. The zero-order chi connectivity index (χ0) is 19.6. The summed E-state index contributed by atoms with van der Waals surface area (Å²) >= 11 is 0. The molecule has 3 aromatic rings. The number of carboxylic acid groups (broad SMARTS) is 1. The fourth-order valence-electron chi connectivity index (χ4n) is 2.92. The Morgan fingerprint density at radius 2 is 2.00 bits per heavy atom. The van der Waals surface area contributed by atoms with E-state index < -0.39 is 0 Å². The number of nitrogens with zero attached hydrogens (tertiary/aromatic N) is 3. The van der Waals surface area contributed by atoms with Crippen molar-refractivity contribution in [2.75, 3.05) is 14.2 Å². The molecule has 27 heavy (non-hydrogen) atoms. The van der Waals surface area contributed by atoms with Crippen LogP contribution in [0.15, 0.2) is 36.9 Å². The number of benzene rings is 1. The second-order valence-corrected chi connectivity index (χ2v) is 5.66. The van der Waals surface area contributed by atoms with Gasteiger partial charge in [0, 0.05) is 43.3 Å². The van der Waals surface area contributed by atoms with E-state index in [2.05, 4.69) is 19.5 Å². The van der Waals surface area contributed by atoms with Gasteiger partial charge in [-0.15, -0.1) is 0 Å². The van der Waals surface area contributed by atoms with Crippen LogP contribution in [0.25, 0.3) is 11.4 Å². The van der Waals surface area contributed by atoms with Gasteiger partial charge < -0.3 is 24.1 Å². The molecule has 2 heterocycles. The van der Waals surface area contributed by atoms with Crippen molar-refractivity contribution in [3.63, 3.8) is 0 Å². The lowest BCUT2D eigenvalue weighted by Crippen LogP contribution is -2.03. The summed E-state index contributed by atoms with van der Waals surface area (Å²) in [5, 5.41) is 6.89. The van der Waals surface area contributed by atoms with Gasteiger partial charge in [0.1, 0.15) is 23.1 Å². The highest BCUT2D eigenvalue weighted by molar-refractivity contribution is 5.69. The smallest absolute Gasteiger partial charge is 0.290 e. The van der Waals surface area contributed by atoms with Crippen LogP contribution in [-0.4, -0.2) is 45.3 Å². The number of H-pyrrole nitrogens is 1. The summed E-state index contributed by atoms with van der Waals surface area (Å²) in [5.74, 6) is 3.52. The largest absolute Gasteiger partial charge is 0.496 e. The van der Waals surface area contributed by atoms with E-state index in [1.165, 1.54) is 0 Å². The third-order valence-corrected chi connectivity index (χ3v) is 4.10. The fourth-order valence-corrected chi connectivity index (χ4v) is 2.92. The van der Waals surface area contributed by atoms with Crippen molar-refractivity contribution < 1.29 is 19.4 Å². The van der Waals surface area contributed by atoms with E-state index in [1.54, 1.807) is 20.4 Å². The van der Waals surface area contributed by atoms with Gasteiger partial charge >= 0.3 is 0 Å². The molecule has 0 bridgehead atoms. The molecular formula is C19H24N4O4. The Bertz CT molecular complexity index is 844. The molecule has 0 amide bonds. The molecule has 2 N–H and O–H groups in total. The number of aromatic nitrogens is 4. The number of aryl methyl sites for hydroxylation is 2. The normalized spacial score (nSPS) is 10.0. The number of aromatic amines is 1. The molecule has 0 saturated carbocycles. The molecule has 0 aliphatic rings. The molecule has 0 fully saturated rings. The van der Waals surface area contributed by atoms with Gasteiger partial charge in [-0.3, -0.25) is 4.79 Å². The minimum atomic E-state index is -0.250. The van der Waals surface area contributed by atoms with Crippen molar-refractivity contribution >= 4 is 6.47 Å². The van der Waals surface area contributed by atoms with Gasteiger partial charge in [-0.2, -0.15) is 0 Å². The first-order valence-corrected chi connectivity index (χ1v) is 8.45. The van der Waals surface area contributed by atoms with Crippen LogP contribution < -0.4 is 9.47 Å². The Morgan fingerprint density at radius 3 is 2.63 bits per heavy atom. The average molecular weight is 372 g/mol. The lowest BCUT2D eigenvalue weighted by Gasteiger charge is -2.15. The molecule has 0 aliphatic heterocycles. The highest BCUT2D eigenvalue weighted by Gasteiger charge is 2.16. The van der Waals surface area contributed by atoms with Crippen LogP contribution in [-0.2, 0) is 17.8 Å². The van der Waals surface area contributed by atoms with E-state index in [0.717, 1.165) is 53.7 Å². The van der Waals surface area contributed by atoms with Crippen LogP contribution in [0.4, 0.5) is 0 Å². The summed E-state index contributed by atoms with van der Waals surface area (Å²) < 4.78 is 13.1. The van der Waals surface area contributed by atoms with Gasteiger partial charge in [0.05, 0.1) is 19.8 Å². The molecule has 0 spiro atoms. The van der Waals surface area contributed by atoms with E-state index in [-0.39, 0.29) is 6.47 Å². The van der Waals surface area contributed by atoms with Gasteiger partial charge in [0.15, 0.2) is 0 Å². The lowest BCUT2D eigenvalue weighted by molar-refractivity contribution is -0.122. The van der Waals surface area contributed by atoms with Gasteiger partial charge in [0.2, 0.25) is 0 Å².